The summed E-state index contributed by atoms with van der Waals surface area (Å²) in [4.78, 5) is 28.2. The number of hydrogen-bond donors (Lipinski definition) is 1. The topological polar surface area (TPSA) is 57.6 Å². The zero-order valence-electron chi connectivity index (χ0n) is 15.4. The van der Waals surface area contributed by atoms with Crippen LogP contribution in [0.25, 0.3) is 0 Å². The second kappa shape index (κ2) is 7.08. The van der Waals surface area contributed by atoms with Crippen LogP contribution in [0, 0.1) is 19.8 Å². The predicted molar refractivity (Wildman–Crippen MR) is 105 cm³/mol. The number of aliphatic hydroxyl groups excluding tert-OH is 1. The Hall–Kier alpha value is -2.40. The molecule has 0 radical (unpaired) electrons. The summed E-state index contributed by atoms with van der Waals surface area (Å²) in [6.07, 6.45) is 0.301. The SMILES string of the molecule is Cc1ccc(N2C(=O)C(O)=C(C(=O)CC(C)C)C2c2cccs2)c(C)c1. The van der Waals surface area contributed by atoms with Gasteiger partial charge in [0.25, 0.3) is 5.91 Å². The number of carbonyl (C=O) groups excluding carboxylic acids is 2. The Labute approximate surface area is 157 Å². The maximum absolute atomic E-state index is 12.9. The van der Waals surface area contributed by atoms with Gasteiger partial charge in [-0.3, -0.25) is 14.5 Å². The molecule has 0 saturated heterocycles. The highest BCUT2D eigenvalue weighted by molar-refractivity contribution is 7.10. The largest absolute Gasteiger partial charge is 0.503 e. The van der Waals surface area contributed by atoms with E-state index >= 15 is 0 Å². The molecule has 1 atom stereocenters. The Kier molecular flexibility index (Phi) is 5.01. The summed E-state index contributed by atoms with van der Waals surface area (Å²) in [5.41, 5.74) is 2.97. The standard InChI is InChI=1S/C21H23NO3S/c1-12(2)10-16(23)18-19(17-6-5-9-26-17)22(21(25)20(18)24)15-8-7-13(3)11-14(15)4/h5-9,11-12,19,24H,10H2,1-4H3. The third-order valence-electron chi connectivity index (χ3n) is 4.53. The number of hydrogen-bond acceptors (Lipinski definition) is 4. The molecule has 0 spiro atoms. The van der Waals surface area contributed by atoms with Gasteiger partial charge in [-0.2, -0.15) is 0 Å². The first kappa shape index (κ1) is 18.4. The van der Waals surface area contributed by atoms with Crippen molar-refractivity contribution in [1.82, 2.24) is 0 Å². The monoisotopic (exact) mass is 369 g/mol. The van der Waals surface area contributed by atoms with E-state index in [4.69, 9.17) is 0 Å². The van der Waals surface area contributed by atoms with Crippen molar-refractivity contribution in [3.63, 3.8) is 0 Å². The molecule has 1 aromatic carbocycles. The van der Waals surface area contributed by atoms with Gasteiger partial charge in [0.2, 0.25) is 0 Å². The molecule has 1 amide bonds. The van der Waals surface area contributed by atoms with Crippen LogP contribution < -0.4 is 4.90 Å². The average molecular weight is 369 g/mol. The van der Waals surface area contributed by atoms with Gasteiger partial charge in [-0.25, -0.2) is 0 Å². The Morgan fingerprint density at radius 3 is 2.58 bits per heavy atom. The minimum absolute atomic E-state index is 0.150. The van der Waals surface area contributed by atoms with E-state index in [-0.39, 0.29) is 17.3 Å². The molecule has 0 fully saturated rings. The lowest BCUT2D eigenvalue weighted by Gasteiger charge is -2.27. The summed E-state index contributed by atoms with van der Waals surface area (Å²) >= 11 is 1.48. The normalized spacial score (nSPS) is 17.5. The Morgan fingerprint density at radius 2 is 2.00 bits per heavy atom. The molecule has 136 valence electrons. The van der Waals surface area contributed by atoms with Gasteiger partial charge < -0.3 is 5.11 Å². The molecule has 3 rings (SSSR count). The molecular weight excluding hydrogens is 346 g/mol. The highest BCUT2D eigenvalue weighted by Crippen LogP contribution is 2.44. The van der Waals surface area contributed by atoms with E-state index in [0.29, 0.717) is 6.42 Å². The van der Waals surface area contributed by atoms with Crippen LogP contribution in [0.1, 0.15) is 42.3 Å². The number of aliphatic hydroxyl groups is 1. The van der Waals surface area contributed by atoms with E-state index in [1.54, 1.807) is 4.90 Å². The fourth-order valence-corrected chi connectivity index (χ4v) is 4.23. The Balaban J connectivity index is 2.14. The van der Waals surface area contributed by atoms with Crippen LogP contribution in [-0.2, 0) is 9.59 Å². The smallest absolute Gasteiger partial charge is 0.294 e. The lowest BCUT2D eigenvalue weighted by atomic mass is 9.95. The van der Waals surface area contributed by atoms with Gasteiger partial charge in [0.1, 0.15) is 6.04 Å². The number of Topliss-reactive ketones (excluding diaryl/α,β-unsaturated/α-hetero) is 1. The van der Waals surface area contributed by atoms with Gasteiger partial charge in [0, 0.05) is 17.0 Å². The van der Waals surface area contributed by atoms with E-state index in [9.17, 15) is 14.7 Å². The maximum atomic E-state index is 12.9. The summed E-state index contributed by atoms with van der Waals surface area (Å²) in [7, 11) is 0. The zero-order valence-corrected chi connectivity index (χ0v) is 16.3. The van der Waals surface area contributed by atoms with Crippen LogP contribution in [0.2, 0.25) is 0 Å². The predicted octanol–water partition coefficient (Wildman–Crippen LogP) is 4.88. The van der Waals surface area contributed by atoms with E-state index in [1.807, 2.05) is 63.4 Å². The number of ketones is 1. The van der Waals surface area contributed by atoms with Gasteiger partial charge in [0.05, 0.1) is 5.57 Å². The lowest BCUT2D eigenvalue weighted by molar-refractivity contribution is -0.118. The van der Waals surface area contributed by atoms with Crippen LogP contribution in [-0.4, -0.2) is 16.8 Å². The third kappa shape index (κ3) is 3.19. The van der Waals surface area contributed by atoms with Crippen LogP contribution in [0.5, 0.6) is 0 Å². The molecule has 1 unspecified atom stereocenters. The second-order valence-electron chi connectivity index (χ2n) is 7.17. The Bertz CT molecular complexity index is 881. The third-order valence-corrected chi connectivity index (χ3v) is 5.45. The van der Waals surface area contributed by atoms with Crippen molar-refractivity contribution >= 4 is 28.7 Å². The van der Waals surface area contributed by atoms with Crippen molar-refractivity contribution in [3.05, 3.63) is 63.0 Å². The van der Waals surface area contributed by atoms with Gasteiger partial charge in [-0.15, -0.1) is 11.3 Å². The molecule has 2 heterocycles. The molecule has 1 aliphatic rings. The van der Waals surface area contributed by atoms with Crippen molar-refractivity contribution in [2.75, 3.05) is 4.90 Å². The molecule has 2 aromatic rings. The van der Waals surface area contributed by atoms with Crippen LogP contribution in [0.15, 0.2) is 47.0 Å². The molecular formula is C21H23NO3S. The molecule has 0 saturated carbocycles. The fourth-order valence-electron chi connectivity index (χ4n) is 3.41. The lowest BCUT2D eigenvalue weighted by Crippen LogP contribution is -2.31. The van der Waals surface area contributed by atoms with E-state index in [0.717, 1.165) is 21.7 Å². The number of aryl methyl sites for hydroxylation is 2. The number of amides is 1. The van der Waals surface area contributed by atoms with E-state index in [1.165, 1.54) is 11.3 Å². The van der Waals surface area contributed by atoms with Gasteiger partial charge in [0.15, 0.2) is 11.5 Å². The summed E-state index contributed by atoms with van der Waals surface area (Å²) in [6.45, 7) is 7.83. The molecule has 0 bridgehead atoms. The second-order valence-corrected chi connectivity index (χ2v) is 8.15. The summed E-state index contributed by atoms with van der Waals surface area (Å²) < 4.78 is 0. The minimum Gasteiger partial charge on any atom is -0.503 e. The number of thiophene rings is 1. The van der Waals surface area contributed by atoms with Crippen molar-refractivity contribution in [1.29, 1.82) is 0 Å². The quantitative estimate of drug-likeness (QED) is 0.817. The van der Waals surface area contributed by atoms with Gasteiger partial charge in [-0.1, -0.05) is 37.6 Å². The first-order valence-corrected chi connectivity index (χ1v) is 9.59. The van der Waals surface area contributed by atoms with Crippen molar-refractivity contribution in [2.45, 2.75) is 40.2 Å². The number of nitrogens with zero attached hydrogens (tertiary/aromatic N) is 1. The van der Waals surface area contributed by atoms with E-state index in [2.05, 4.69) is 0 Å². The molecule has 26 heavy (non-hydrogen) atoms. The summed E-state index contributed by atoms with van der Waals surface area (Å²) in [6, 6.07) is 9.04. The van der Waals surface area contributed by atoms with E-state index < -0.39 is 17.7 Å². The van der Waals surface area contributed by atoms with Crippen LogP contribution in [0.3, 0.4) is 0 Å². The molecule has 0 aliphatic carbocycles. The molecule has 1 aromatic heterocycles. The number of carbonyl (C=O) groups is 2. The van der Waals surface area contributed by atoms with Crippen molar-refractivity contribution in [2.24, 2.45) is 5.92 Å². The number of anilines is 1. The number of benzene rings is 1. The first-order chi connectivity index (χ1) is 12.3. The summed E-state index contributed by atoms with van der Waals surface area (Å²) in [5, 5.41) is 12.5. The average Bonchev–Trinajstić information content (AvgIpc) is 3.15. The van der Waals surface area contributed by atoms with Crippen molar-refractivity contribution < 1.29 is 14.7 Å². The molecule has 1 aliphatic heterocycles. The zero-order chi connectivity index (χ0) is 19.0. The fraction of sp³-hybridized carbons (Fsp3) is 0.333. The minimum atomic E-state index is -0.574. The maximum Gasteiger partial charge on any atom is 0.294 e. The van der Waals surface area contributed by atoms with Crippen molar-refractivity contribution in [3.8, 4) is 0 Å². The van der Waals surface area contributed by atoms with Crippen LogP contribution in [0.4, 0.5) is 5.69 Å². The summed E-state index contributed by atoms with van der Waals surface area (Å²) in [5.74, 6) is -0.954. The molecule has 4 nitrogen and oxygen atoms in total. The van der Waals surface area contributed by atoms with Gasteiger partial charge >= 0.3 is 0 Å². The number of rotatable bonds is 5. The van der Waals surface area contributed by atoms with Gasteiger partial charge in [-0.05, 0) is 42.8 Å². The van der Waals surface area contributed by atoms with Crippen LogP contribution >= 0.6 is 11.3 Å². The Morgan fingerprint density at radius 1 is 1.27 bits per heavy atom. The highest BCUT2D eigenvalue weighted by atomic mass is 32.1. The molecule has 5 heteroatoms. The highest BCUT2D eigenvalue weighted by Gasteiger charge is 2.45. The first-order valence-electron chi connectivity index (χ1n) is 8.71. The molecule has 1 N–H and O–H groups in total.